The van der Waals surface area contributed by atoms with E-state index in [0.717, 1.165) is 0 Å². The monoisotopic (exact) mass is 336 g/mol. The van der Waals surface area contributed by atoms with Crippen LogP contribution in [-0.2, 0) is 4.79 Å². The number of anilines is 1. The minimum atomic E-state index is -0.498. The van der Waals surface area contributed by atoms with Gasteiger partial charge in [-0.15, -0.1) is 0 Å². The van der Waals surface area contributed by atoms with Gasteiger partial charge in [0.15, 0.2) is 0 Å². The molecule has 15 heavy (non-hydrogen) atoms. The lowest BCUT2D eigenvalue weighted by Crippen LogP contribution is -2.01. The average molecular weight is 338 g/mol. The molecular formula is C8H6Br2N2O3. The molecule has 1 aromatic rings. The second kappa shape index (κ2) is 4.71. The zero-order chi connectivity index (χ0) is 11.6. The van der Waals surface area contributed by atoms with E-state index in [2.05, 4.69) is 37.2 Å². The third kappa shape index (κ3) is 2.35. The van der Waals surface area contributed by atoms with Gasteiger partial charge in [0.05, 0.1) is 20.6 Å². The van der Waals surface area contributed by atoms with Crippen molar-refractivity contribution >= 4 is 49.6 Å². The van der Waals surface area contributed by atoms with Crippen LogP contribution in [0.3, 0.4) is 0 Å². The van der Waals surface area contributed by atoms with Crippen LogP contribution in [0.15, 0.2) is 15.0 Å². The number of benzene rings is 1. The van der Waals surface area contributed by atoms with Crippen molar-refractivity contribution in [1.29, 1.82) is 0 Å². The fourth-order valence-electron chi connectivity index (χ4n) is 1.19. The van der Waals surface area contributed by atoms with Crippen molar-refractivity contribution < 1.29 is 9.72 Å². The molecule has 1 N–H and O–H groups in total. The van der Waals surface area contributed by atoms with Crippen molar-refractivity contribution in [1.82, 2.24) is 0 Å². The molecule has 0 saturated carbocycles. The van der Waals surface area contributed by atoms with Crippen molar-refractivity contribution in [2.24, 2.45) is 0 Å². The van der Waals surface area contributed by atoms with Crippen molar-refractivity contribution in [3.05, 3.63) is 30.7 Å². The van der Waals surface area contributed by atoms with Crippen LogP contribution >= 0.6 is 31.9 Å². The van der Waals surface area contributed by atoms with Gasteiger partial charge in [-0.2, -0.15) is 0 Å². The van der Waals surface area contributed by atoms with Gasteiger partial charge < -0.3 is 5.32 Å². The third-order valence-corrected chi connectivity index (χ3v) is 3.06. The summed E-state index contributed by atoms with van der Waals surface area (Å²) in [6, 6.07) is 1.52. The number of carbonyl (C=O) groups is 1. The number of nitrogens with one attached hydrogen (secondary N) is 1. The van der Waals surface area contributed by atoms with E-state index >= 15 is 0 Å². The van der Waals surface area contributed by atoms with Gasteiger partial charge >= 0.3 is 0 Å². The Labute approximate surface area is 102 Å². The molecule has 0 spiro atoms. The molecule has 0 radical (unpaired) electrons. The normalized spacial score (nSPS) is 9.80. The van der Waals surface area contributed by atoms with Gasteiger partial charge in [-0.25, -0.2) is 0 Å². The first-order valence-corrected chi connectivity index (χ1v) is 5.40. The smallest absolute Gasteiger partial charge is 0.288 e. The SMILES string of the molecule is Cc1c(NC=O)c(Br)cc(Br)c1[N+](=O)[O-]. The highest BCUT2D eigenvalue weighted by Gasteiger charge is 2.21. The van der Waals surface area contributed by atoms with Crippen LogP contribution in [0.4, 0.5) is 11.4 Å². The molecule has 1 rings (SSSR count). The fraction of sp³-hybridized carbons (Fsp3) is 0.125. The van der Waals surface area contributed by atoms with E-state index in [1.165, 1.54) is 6.07 Å². The molecule has 5 nitrogen and oxygen atoms in total. The predicted molar refractivity (Wildman–Crippen MR) is 62.9 cm³/mol. The Morgan fingerprint density at radius 2 is 2.07 bits per heavy atom. The van der Waals surface area contributed by atoms with Crippen LogP contribution in [-0.4, -0.2) is 11.3 Å². The number of nitro benzene ring substituents is 1. The summed E-state index contributed by atoms with van der Waals surface area (Å²) in [4.78, 5) is 20.6. The fourth-order valence-corrected chi connectivity index (χ4v) is 2.81. The van der Waals surface area contributed by atoms with Crippen molar-refractivity contribution in [2.45, 2.75) is 6.92 Å². The van der Waals surface area contributed by atoms with Gasteiger partial charge in [-0.3, -0.25) is 14.9 Å². The number of nitro groups is 1. The second-order valence-corrected chi connectivity index (χ2v) is 4.42. The molecule has 1 amide bonds. The number of hydrogen-bond donors (Lipinski definition) is 1. The lowest BCUT2D eigenvalue weighted by Gasteiger charge is -2.08. The van der Waals surface area contributed by atoms with E-state index in [4.69, 9.17) is 0 Å². The average Bonchev–Trinajstić information content (AvgIpc) is 2.11. The molecule has 1 aromatic carbocycles. The first-order chi connectivity index (χ1) is 6.99. The summed E-state index contributed by atoms with van der Waals surface area (Å²) in [5.41, 5.74) is 0.746. The summed E-state index contributed by atoms with van der Waals surface area (Å²) < 4.78 is 0.956. The van der Waals surface area contributed by atoms with Gasteiger partial charge in [-0.1, -0.05) is 0 Å². The number of carbonyl (C=O) groups excluding carboxylic acids is 1. The van der Waals surface area contributed by atoms with E-state index < -0.39 is 4.92 Å². The lowest BCUT2D eigenvalue weighted by atomic mass is 10.1. The molecule has 0 saturated heterocycles. The van der Waals surface area contributed by atoms with Gasteiger partial charge in [-0.05, 0) is 44.8 Å². The molecule has 0 bridgehead atoms. The molecule has 0 atom stereocenters. The van der Waals surface area contributed by atoms with Gasteiger partial charge in [0.1, 0.15) is 0 Å². The van der Waals surface area contributed by atoms with Crippen molar-refractivity contribution in [3.8, 4) is 0 Å². The zero-order valence-electron chi connectivity index (χ0n) is 7.58. The first kappa shape index (κ1) is 12.1. The number of rotatable bonds is 3. The quantitative estimate of drug-likeness (QED) is 0.523. The summed E-state index contributed by atoms with van der Waals surface area (Å²) in [6.07, 6.45) is 0.477. The number of nitrogens with zero attached hydrogens (tertiary/aromatic N) is 1. The predicted octanol–water partition coefficient (Wildman–Crippen LogP) is 3.00. The zero-order valence-corrected chi connectivity index (χ0v) is 10.8. The Hall–Kier alpha value is -0.950. The standard InChI is InChI=1S/C8H6Br2N2O3/c1-4-7(11-3-13)5(9)2-6(10)8(4)12(14)15/h2-3H,1H3,(H,11,13). The maximum Gasteiger partial charge on any atom is 0.288 e. The first-order valence-electron chi connectivity index (χ1n) is 3.82. The molecule has 0 unspecified atom stereocenters. The topological polar surface area (TPSA) is 72.2 Å². The van der Waals surface area contributed by atoms with E-state index in [1.54, 1.807) is 6.92 Å². The largest absolute Gasteiger partial charge is 0.327 e. The number of amides is 1. The van der Waals surface area contributed by atoms with Gasteiger partial charge in [0.25, 0.3) is 5.69 Å². The van der Waals surface area contributed by atoms with Crippen LogP contribution in [0.25, 0.3) is 0 Å². The van der Waals surface area contributed by atoms with E-state index in [0.29, 0.717) is 26.6 Å². The Kier molecular flexibility index (Phi) is 3.81. The minimum Gasteiger partial charge on any atom is -0.327 e. The van der Waals surface area contributed by atoms with Crippen LogP contribution in [0.5, 0.6) is 0 Å². The number of hydrogen-bond acceptors (Lipinski definition) is 3. The molecule has 0 aliphatic rings. The summed E-state index contributed by atoms with van der Waals surface area (Å²) in [6.45, 7) is 1.57. The maximum atomic E-state index is 10.8. The Morgan fingerprint density at radius 1 is 1.47 bits per heavy atom. The van der Waals surface area contributed by atoms with Gasteiger partial charge in [0, 0.05) is 4.47 Å². The highest BCUT2D eigenvalue weighted by atomic mass is 79.9. The van der Waals surface area contributed by atoms with Crippen molar-refractivity contribution in [2.75, 3.05) is 5.32 Å². The van der Waals surface area contributed by atoms with Crippen LogP contribution in [0, 0.1) is 17.0 Å². The van der Waals surface area contributed by atoms with Crippen LogP contribution in [0.2, 0.25) is 0 Å². The molecule has 0 fully saturated rings. The molecule has 0 aliphatic carbocycles. The van der Waals surface area contributed by atoms with Crippen molar-refractivity contribution in [3.63, 3.8) is 0 Å². The minimum absolute atomic E-state index is 0.0532. The molecule has 7 heteroatoms. The lowest BCUT2D eigenvalue weighted by molar-refractivity contribution is -0.386. The van der Waals surface area contributed by atoms with E-state index in [1.807, 2.05) is 0 Å². The Morgan fingerprint density at radius 3 is 2.53 bits per heavy atom. The summed E-state index contributed by atoms with van der Waals surface area (Å²) in [7, 11) is 0. The molecule has 80 valence electrons. The second-order valence-electron chi connectivity index (χ2n) is 2.71. The molecular weight excluding hydrogens is 332 g/mol. The maximum absolute atomic E-state index is 10.8. The van der Waals surface area contributed by atoms with E-state index in [-0.39, 0.29) is 5.69 Å². The van der Waals surface area contributed by atoms with Crippen LogP contribution < -0.4 is 5.32 Å². The molecule has 0 heterocycles. The third-order valence-electron chi connectivity index (χ3n) is 1.83. The highest BCUT2D eigenvalue weighted by Crippen LogP contribution is 2.38. The van der Waals surface area contributed by atoms with Gasteiger partial charge in [0.2, 0.25) is 6.41 Å². The molecule has 0 aliphatic heterocycles. The Balaban J connectivity index is 3.48. The summed E-state index contributed by atoms with van der Waals surface area (Å²) >= 11 is 6.30. The molecule has 0 aromatic heterocycles. The van der Waals surface area contributed by atoms with E-state index in [9.17, 15) is 14.9 Å². The van der Waals surface area contributed by atoms with Crippen LogP contribution in [0.1, 0.15) is 5.56 Å². The highest BCUT2D eigenvalue weighted by molar-refractivity contribution is 9.11. The Bertz CT molecular complexity index is 434. The summed E-state index contributed by atoms with van der Waals surface area (Å²) in [5.74, 6) is 0. The number of halogens is 2. The summed E-state index contributed by atoms with van der Waals surface area (Å²) in [5, 5.41) is 13.2.